The molecule has 1 amide bonds. The standard InChI is InChI=1S/C15H20N2O/c1-3-17(13-16-2)15(18)14-11-9-7-5-4-6-8-10-12-14/h4-12,16H,3,13H2,1-2H3. The number of nitrogens with one attached hydrogen (secondary N) is 1. The Balaban J connectivity index is 3.04. The molecule has 0 bridgehead atoms. The van der Waals surface area contributed by atoms with Crippen LogP contribution in [0.1, 0.15) is 17.3 Å². The predicted octanol–water partition coefficient (Wildman–Crippen LogP) is 2.45. The normalized spacial score (nSPS) is 9.44. The summed E-state index contributed by atoms with van der Waals surface area (Å²) in [6, 6.07) is 17.0. The lowest BCUT2D eigenvalue weighted by molar-refractivity contribution is 0.0755. The van der Waals surface area contributed by atoms with Crippen molar-refractivity contribution in [1.82, 2.24) is 10.2 Å². The van der Waals surface area contributed by atoms with Crippen molar-refractivity contribution < 1.29 is 4.79 Å². The topological polar surface area (TPSA) is 32.3 Å². The molecule has 1 aromatic carbocycles. The second-order valence-corrected chi connectivity index (χ2v) is 3.81. The molecule has 0 saturated heterocycles. The number of nitrogens with zero attached hydrogens (tertiary/aromatic N) is 1. The molecular formula is C15H20N2O. The van der Waals surface area contributed by atoms with Gasteiger partial charge in [0.05, 0.1) is 6.67 Å². The van der Waals surface area contributed by atoms with Crippen molar-refractivity contribution in [2.75, 3.05) is 20.3 Å². The van der Waals surface area contributed by atoms with Gasteiger partial charge in [0, 0.05) is 12.1 Å². The molecule has 0 radical (unpaired) electrons. The maximum atomic E-state index is 12.3. The van der Waals surface area contributed by atoms with Crippen LogP contribution in [-0.4, -0.2) is 31.1 Å². The van der Waals surface area contributed by atoms with Gasteiger partial charge in [0.1, 0.15) is 0 Å². The Morgan fingerprint density at radius 1 is 1.06 bits per heavy atom. The lowest BCUT2D eigenvalue weighted by Gasteiger charge is -2.19. The summed E-state index contributed by atoms with van der Waals surface area (Å²) in [5.41, 5.74) is 0.684. The fourth-order valence-corrected chi connectivity index (χ4v) is 1.54. The first-order valence-electron chi connectivity index (χ1n) is 6.11. The molecule has 3 nitrogen and oxygen atoms in total. The van der Waals surface area contributed by atoms with Gasteiger partial charge >= 0.3 is 0 Å². The summed E-state index contributed by atoms with van der Waals surface area (Å²) in [6.07, 6.45) is 0. The number of amides is 1. The molecule has 0 unspecified atom stereocenters. The summed E-state index contributed by atoms with van der Waals surface area (Å²) in [6.45, 7) is 3.21. The van der Waals surface area contributed by atoms with Crippen LogP contribution in [0.5, 0.6) is 0 Å². The van der Waals surface area contributed by atoms with Gasteiger partial charge in [0.2, 0.25) is 0 Å². The maximum absolute atomic E-state index is 12.3. The fraction of sp³-hybridized carbons (Fsp3) is 0.267. The molecule has 0 aromatic heterocycles. The van der Waals surface area contributed by atoms with Crippen LogP contribution < -0.4 is 5.32 Å². The van der Waals surface area contributed by atoms with E-state index in [2.05, 4.69) is 5.32 Å². The highest BCUT2D eigenvalue weighted by Crippen LogP contribution is 2.01. The third-order valence-electron chi connectivity index (χ3n) is 2.48. The van der Waals surface area contributed by atoms with E-state index >= 15 is 0 Å². The molecule has 0 aliphatic heterocycles. The van der Waals surface area contributed by atoms with E-state index in [1.165, 1.54) is 0 Å². The Hall–Kier alpha value is -1.87. The van der Waals surface area contributed by atoms with Crippen LogP contribution in [-0.2, 0) is 0 Å². The quantitative estimate of drug-likeness (QED) is 0.825. The van der Waals surface area contributed by atoms with Gasteiger partial charge in [-0.1, -0.05) is 42.5 Å². The van der Waals surface area contributed by atoms with Crippen molar-refractivity contribution in [3.8, 4) is 0 Å². The molecule has 0 aliphatic rings. The minimum absolute atomic E-state index is 0.0331. The van der Waals surface area contributed by atoms with Crippen LogP contribution in [0, 0.1) is 0 Å². The molecule has 1 aromatic rings. The number of rotatable bonds is 4. The van der Waals surface area contributed by atoms with Crippen LogP contribution in [0.4, 0.5) is 0 Å². The largest absolute Gasteiger partial charge is 0.326 e. The van der Waals surface area contributed by atoms with Crippen LogP contribution in [0.3, 0.4) is 0 Å². The van der Waals surface area contributed by atoms with Crippen molar-refractivity contribution in [3.05, 3.63) is 60.2 Å². The second kappa shape index (κ2) is 8.25. The van der Waals surface area contributed by atoms with Crippen molar-refractivity contribution in [2.24, 2.45) is 0 Å². The molecule has 0 atom stereocenters. The third-order valence-corrected chi connectivity index (χ3v) is 2.48. The molecule has 0 saturated carbocycles. The Morgan fingerprint density at radius 3 is 2.00 bits per heavy atom. The van der Waals surface area contributed by atoms with E-state index in [1.807, 2.05) is 68.6 Å². The summed E-state index contributed by atoms with van der Waals surface area (Å²) < 4.78 is 0. The first-order chi connectivity index (χ1) is 8.79. The average Bonchev–Trinajstić information content (AvgIpc) is 2.41. The van der Waals surface area contributed by atoms with Crippen LogP contribution in [0.15, 0.2) is 54.6 Å². The van der Waals surface area contributed by atoms with E-state index in [9.17, 15) is 4.79 Å². The Bertz CT molecular complexity index is 406. The monoisotopic (exact) mass is 244 g/mol. The summed E-state index contributed by atoms with van der Waals surface area (Å²) in [4.78, 5) is 14.0. The van der Waals surface area contributed by atoms with Gasteiger partial charge in [-0.3, -0.25) is 4.79 Å². The lowest BCUT2D eigenvalue weighted by atomic mass is 10.2. The van der Waals surface area contributed by atoms with Crippen LogP contribution in [0.2, 0.25) is 0 Å². The molecule has 1 rings (SSSR count). The molecule has 0 spiro atoms. The molecule has 0 aliphatic carbocycles. The van der Waals surface area contributed by atoms with E-state index in [0.717, 1.165) is 0 Å². The van der Waals surface area contributed by atoms with Crippen molar-refractivity contribution in [1.29, 1.82) is 0 Å². The minimum atomic E-state index is 0.0331. The van der Waals surface area contributed by atoms with Crippen LogP contribution in [0.25, 0.3) is 0 Å². The van der Waals surface area contributed by atoms with Gasteiger partial charge in [-0.25, -0.2) is 0 Å². The summed E-state index contributed by atoms with van der Waals surface area (Å²) in [5, 5.41) is 3.00. The van der Waals surface area contributed by atoms with Crippen LogP contribution >= 0.6 is 0 Å². The van der Waals surface area contributed by atoms with E-state index in [1.54, 1.807) is 4.90 Å². The van der Waals surface area contributed by atoms with Gasteiger partial charge < -0.3 is 10.2 Å². The zero-order chi connectivity index (χ0) is 13.2. The zero-order valence-electron chi connectivity index (χ0n) is 11.0. The zero-order valence-corrected chi connectivity index (χ0v) is 11.0. The van der Waals surface area contributed by atoms with E-state index in [0.29, 0.717) is 18.8 Å². The smallest absolute Gasteiger partial charge is 0.254 e. The van der Waals surface area contributed by atoms with Gasteiger partial charge in [0.25, 0.3) is 5.91 Å². The summed E-state index contributed by atoms with van der Waals surface area (Å²) in [5.74, 6) is 0.0331. The SMILES string of the molecule is CCN(CNC)C(=O)c1ccccccccc1. The first-order valence-corrected chi connectivity index (χ1v) is 6.11. The van der Waals surface area contributed by atoms with Crippen molar-refractivity contribution >= 4 is 5.91 Å². The van der Waals surface area contributed by atoms with Crippen molar-refractivity contribution in [2.45, 2.75) is 6.92 Å². The Kier molecular flexibility index (Phi) is 6.51. The highest BCUT2D eigenvalue weighted by Gasteiger charge is 2.11. The number of hydrogen-bond donors (Lipinski definition) is 1. The van der Waals surface area contributed by atoms with Gasteiger partial charge in [-0.15, -0.1) is 0 Å². The second-order valence-electron chi connectivity index (χ2n) is 3.81. The molecule has 18 heavy (non-hydrogen) atoms. The first kappa shape index (κ1) is 14.2. The fourth-order valence-electron chi connectivity index (χ4n) is 1.54. The van der Waals surface area contributed by atoms with E-state index in [4.69, 9.17) is 0 Å². The molecule has 0 heterocycles. The minimum Gasteiger partial charge on any atom is -0.326 e. The summed E-state index contributed by atoms with van der Waals surface area (Å²) >= 11 is 0. The number of hydrogen-bond acceptors (Lipinski definition) is 2. The van der Waals surface area contributed by atoms with E-state index < -0.39 is 0 Å². The van der Waals surface area contributed by atoms with Crippen molar-refractivity contribution in [3.63, 3.8) is 0 Å². The van der Waals surface area contributed by atoms with Gasteiger partial charge in [-0.2, -0.15) is 0 Å². The molecular weight excluding hydrogens is 224 g/mol. The predicted molar refractivity (Wildman–Crippen MR) is 74.7 cm³/mol. The average molecular weight is 244 g/mol. The third kappa shape index (κ3) is 4.55. The molecule has 0 fully saturated rings. The molecule has 96 valence electrons. The van der Waals surface area contributed by atoms with Gasteiger partial charge in [0.15, 0.2) is 0 Å². The highest BCUT2D eigenvalue weighted by molar-refractivity contribution is 5.93. The highest BCUT2D eigenvalue weighted by atomic mass is 16.2. The molecule has 3 heteroatoms. The summed E-state index contributed by atoms with van der Waals surface area (Å²) in [7, 11) is 1.83. The van der Waals surface area contributed by atoms with Gasteiger partial charge in [-0.05, 0) is 26.1 Å². The van der Waals surface area contributed by atoms with E-state index in [-0.39, 0.29) is 5.91 Å². The molecule has 1 N–H and O–H groups in total. The Labute approximate surface area is 109 Å². The lowest BCUT2D eigenvalue weighted by Crippen LogP contribution is -2.37. The maximum Gasteiger partial charge on any atom is 0.254 e. The number of carbonyl (C=O) groups is 1. The Morgan fingerprint density at radius 2 is 1.56 bits per heavy atom. The number of carbonyl (C=O) groups excluding carboxylic acids is 1.